The molecule has 0 bridgehead atoms. The molecule has 2 atom stereocenters. The van der Waals surface area contributed by atoms with Gasteiger partial charge in [-0.3, -0.25) is 0 Å². The van der Waals surface area contributed by atoms with Gasteiger partial charge in [0.1, 0.15) is 12.1 Å². The molecule has 1 saturated heterocycles. The molecule has 2 heterocycles. The fourth-order valence-electron chi connectivity index (χ4n) is 1.97. The van der Waals surface area contributed by atoms with Crippen molar-refractivity contribution in [1.82, 2.24) is 9.97 Å². The van der Waals surface area contributed by atoms with E-state index < -0.39 is 0 Å². The molecule has 94 valence electrons. The van der Waals surface area contributed by atoms with Crippen molar-refractivity contribution in [2.24, 2.45) is 11.7 Å². The van der Waals surface area contributed by atoms with E-state index in [0.717, 1.165) is 25.3 Å². The number of hydrogen-bond donors (Lipinski definition) is 1. The van der Waals surface area contributed by atoms with Crippen LogP contribution in [0.2, 0.25) is 0 Å². The van der Waals surface area contributed by atoms with E-state index in [0.29, 0.717) is 18.4 Å². The number of hydrogen-bond acceptors (Lipinski definition) is 5. The highest BCUT2D eigenvalue weighted by atomic mass is 16.5. The maximum atomic E-state index is 6.01. The standard InChI is InChI=1S/C12H20N4O/c1-3-4-17-12-5-11(14-8-15-12)16-6-9(2)10(13)7-16/h5,8-10H,3-4,6-7,13H2,1-2H3. The highest BCUT2D eigenvalue weighted by Crippen LogP contribution is 2.22. The lowest BCUT2D eigenvalue weighted by Gasteiger charge is -2.17. The largest absolute Gasteiger partial charge is 0.478 e. The molecule has 17 heavy (non-hydrogen) atoms. The summed E-state index contributed by atoms with van der Waals surface area (Å²) in [5.41, 5.74) is 6.01. The SMILES string of the molecule is CCCOc1cc(N2CC(C)C(N)C2)ncn1. The van der Waals surface area contributed by atoms with Crippen molar-refractivity contribution in [3.05, 3.63) is 12.4 Å². The maximum absolute atomic E-state index is 6.01. The van der Waals surface area contributed by atoms with Crippen molar-refractivity contribution in [3.8, 4) is 5.88 Å². The van der Waals surface area contributed by atoms with Crippen LogP contribution in [0.15, 0.2) is 12.4 Å². The summed E-state index contributed by atoms with van der Waals surface area (Å²) >= 11 is 0. The van der Waals surface area contributed by atoms with Gasteiger partial charge in [-0.25, -0.2) is 9.97 Å². The van der Waals surface area contributed by atoms with Crippen LogP contribution in [0, 0.1) is 5.92 Å². The molecule has 5 heteroatoms. The number of nitrogens with zero attached hydrogens (tertiary/aromatic N) is 3. The average molecular weight is 236 g/mol. The van der Waals surface area contributed by atoms with E-state index in [2.05, 4.69) is 28.7 Å². The number of anilines is 1. The monoisotopic (exact) mass is 236 g/mol. The van der Waals surface area contributed by atoms with E-state index >= 15 is 0 Å². The van der Waals surface area contributed by atoms with Crippen LogP contribution in [0.4, 0.5) is 5.82 Å². The van der Waals surface area contributed by atoms with Crippen LogP contribution in [0.5, 0.6) is 5.88 Å². The Kier molecular flexibility index (Phi) is 3.78. The van der Waals surface area contributed by atoms with E-state index in [4.69, 9.17) is 10.5 Å². The Balaban J connectivity index is 2.06. The predicted octanol–water partition coefficient (Wildman–Crippen LogP) is 1.05. The topological polar surface area (TPSA) is 64.3 Å². The second kappa shape index (κ2) is 5.31. The van der Waals surface area contributed by atoms with Crippen LogP contribution in [-0.4, -0.2) is 35.7 Å². The zero-order chi connectivity index (χ0) is 12.3. The first-order chi connectivity index (χ1) is 8.20. The Morgan fingerprint density at radius 1 is 1.47 bits per heavy atom. The molecule has 2 rings (SSSR count). The minimum Gasteiger partial charge on any atom is -0.478 e. The van der Waals surface area contributed by atoms with E-state index in [1.807, 2.05) is 6.07 Å². The molecule has 2 N–H and O–H groups in total. The predicted molar refractivity (Wildman–Crippen MR) is 67.2 cm³/mol. The molecule has 1 aromatic heterocycles. The Hall–Kier alpha value is -1.36. The Labute approximate surface area is 102 Å². The van der Waals surface area contributed by atoms with Crippen LogP contribution in [0.3, 0.4) is 0 Å². The van der Waals surface area contributed by atoms with E-state index in [-0.39, 0.29) is 6.04 Å². The van der Waals surface area contributed by atoms with Gasteiger partial charge in [0, 0.05) is 25.2 Å². The highest BCUT2D eigenvalue weighted by molar-refractivity contribution is 5.42. The van der Waals surface area contributed by atoms with Crippen LogP contribution < -0.4 is 15.4 Å². The summed E-state index contributed by atoms with van der Waals surface area (Å²) in [6.07, 6.45) is 2.53. The van der Waals surface area contributed by atoms with E-state index in [1.165, 1.54) is 0 Å². The Morgan fingerprint density at radius 3 is 2.94 bits per heavy atom. The van der Waals surface area contributed by atoms with Gasteiger partial charge in [0.15, 0.2) is 0 Å². The minimum atomic E-state index is 0.227. The number of ether oxygens (including phenoxy) is 1. The fraction of sp³-hybridized carbons (Fsp3) is 0.667. The summed E-state index contributed by atoms with van der Waals surface area (Å²) < 4.78 is 5.50. The Bertz CT molecular complexity index is 361. The van der Waals surface area contributed by atoms with Crippen molar-refractivity contribution < 1.29 is 4.74 Å². The third-order valence-electron chi connectivity index (χ3n) is 3.08. The highest BCUT2D eigenvalue weighted by Gasteiger charge is 2.27. The van der Waals surface area contributed by atoms with Crippen molar-refractivity contribution in [2.45, 2.75) is 26.3 Å². The zero-order valence-electron chi connectivity index (χ0n) is 10.5. The molecule has 0 spiro atoms. The Morgan fingerprint density at radius 2 is 2.29 bits per heavy atom. The summed E-state index contributed by atoms with van der Waals surface area (Å²) in [5.74, 6) is 2.06. The molecule has 0 aromatic carbocycles. The average Bonchev–Trinajstić information content (AvgIpc) is 2.68. The number of rotatable bonds is 4. The third-order valence-corrected chi connectivity index (χ3v) is 3.08. The first-order valence-corrected chi connectivity index (χ1v) is 6.16. The lowest BCUT2D eigenvalue weighted by Crippen LogP contribution is -2.28. The third kappa shape index (κ3) is 2.85. The van der Waals surface area contributed by atoms with Crippen molar-refractivity contribution in [3.63, 3.8) is 0 Å². The van der Waals surface area contributed by atoms with Crippen LogP contribution in [-0.2, 0) is 0 Å². The fourth-order valence-corrected chi connectivity index (χ4v) is 1.97. The van der Waals surface area contributed by atoms with Gasteiger partial charge in [0.05, 0.1) is 6.61 Å². The summed E-state index contributed by atoms with van der Waals surface area (Å²) in [7, 11) is 0. The van der Waals surface area contributed by atoms with Crippen LogP contribution in [0.25, 0.3) is 0 Å². The molecule has 0 aliphatic carbocycles. The van der Waals surface area contributed by atoms with Gasteiger partial charge in [0.2, 0.25) is 5.88 Å². The van der Waals surface area contributed by atoms with Crippen molar-refractivity contribution >= 4 is 5.82 Å². The minimum absolute atomic E-state index is 0.227. The van der Waals surface area contributed by atoms with Gasteiger partial charge in [-0.2, -0.15) is 0 Å². The van der Waals surface area contributed by atoms with E-state index in [1.54, 1.807) is 6.33 Å². The smallest absolute Gasteiger partial charge is 0.218 e. The number of nitrogens with two attached hydrogens (primary N) is 1. The van der Waals surface area contributed by atoms with Gasteiger partial charge in [-0.1, -0.05) is 13.8 Å². The van der Waals surface area contributed by atoms with Gasteiger partial charge >= 0.3 is 0 Å². The normalized spacial score (nSPS) is 24.1. The van der Waals surface area contributed by atoms with E-state index in [9.17, 15) is 0 Å². The molecule has 1 aliphatic heterocycles. The maximum Gasteiger partial charge on any atom is 0.218 e. The van der Waals surface area contributed by atoms with Gasteiger partial charge < -0.3 is 15.4 Å². The van der Waals surface area contributed by atoms with Gasteiger partial charge in [-0.05, 0) is 12.3 Å². The van der Waals surface area contributed by atoms with Gasteiger partial charge in [-0.15, -0.1) is 0 Å². The molecule has 2 unspecified atom stereocenters. The second-order valence-corrected chi connectivity index (χ2v) is 4.61. The quantitative estimate of drug-likeness (QED) is 0.846. The lowest BCUT2D eigenvalue weighted by molar-refractivity contribution is 0.304. The molecule has 1 fully saturated rings. The lowest BCUT2D eigenvalue weighted by atomic mass is 10.1. The molecular weight excluding hydrogens is 216 g/mol. The molecule has 0 radical (unpaired) electrons. The van der Waals surface area contributed by atoms with Crippen LogP contribution >= 0.6 is 0 Å². The first kappa shape index (κ1) is 12.1. The molecule has 0 saturated carbocycles. The van der Waals surface area contributed by atoms with Gasteiger partial charge in [0.25, 0.3) is 0 Å². The molecule has 5 nitrogen and oxygen atoms in total. The summed E-state index contributed by atoms with van der Waals surface area (Å²) in [5, 5.41) is 0. The zero-order valence-corrected chi connectivity index (χ0v) is 10.5. The second-order valence-electron chi connectivity index (χ2n) is 4.61. The molecule has 1 aromatic rings. The van der Waals surface area contributed by atoms with Crippen molar-refractivity contribution in [2.75, 3.05) is 24.6 Å². The molecule has 0 amide bonds. The summed E-state index contributed by atoms with van der Waals surface area (Å²) in [4.78, 5) is 10.6. The number of aromatic nitrogens is 2. The van der Waals surface area contributed by atoms with Crippen LogP contribution in [0.1, 0.15) is 20.3 Å². The summed E-state index contributed by atoms with van der Waals surface area (Å²) in [6.45, 7) is 6.73. The molecular formula is C12H20N4O. The molecule has 1 aliphatic rings. The first-order valence-electron chi connectivity index (χ1n) is 6.16. The summed E-state index contributed by atoms with van der Waals surface area (Å²) in [6, 6.07) is 2.12. The van der Waals surface area contributed by atoms with Crippen molar-refractivity contribution in [1.29, 1.82) is 0 Å².